The zero-order chi connectivity index (χ0) is 13.4. The van der Waals surface area contributed by atoms with Gasteiger partial charge in [-0.3, -0.25) is 4.68 Å². The van der Waals surface area contributed by atoms with Crippen LogP contribution in [-0.2, 0) is 17.8 Å². The van der Waals surface area contributed by atoms with Crippen LogP contribution in [0, 0.1) is 0 Å². The van der Waals surface area contributed by atoms with Crippen LogP contribution in [0.1, 0.15) is 46.2 Å². The van der Waals surface area contributed by atoms with Crippen LogP contribution in [-0.4, -0.2) is 28.5 Å². The molecule has 0 aromatic carbocycles. The quantitative estimate of drug-likeness (QED) is 0.724. The van der Waals surface area contributed by atoms with Crippen LogP contribution < -0.4 is 5.32 Å². The summed E-state index contributed by atoms with van der Waals surface area (Å²) in [5, 5.41) is 7.81. The normalized spacial score (nSPS) is 12.0. The largest absolute Gasteiger partial charge is 0.380 e. The molecule has 0 aliphatic rings. The van der Waals surface area contributed by atoms with E-state index in [9.17, 15) is 0 Å². The van der Waals surface area contributed by atoms with Gasteiger partial charge in [0.2, 0.25) is 0 Å². The zero-order valence-corrected chi connectivity index (χ0v) is 12.2. The Labute approximate surface area is 111 Å². The van der Waals surface area contributed by atoms with Gasteiger partial charge in [-0.25, -0.2) is 0 Å². The molecule has 0 amide bonds. The Balaban J connectivity index is 2.31. The Morgan fingerprint density at radius 3 is 2.78 bits per heavy atom. The summed E-state index contributed by atoms with van der Waals surface area (Å²) in [6.07, 6.45) is 4.17. The van der Waals surface area contributed by atoms with Crippen LogP contribution in [0.2, 0.25) is 0 Å². The molecule has 1 heterocycles. The zero-order valence-electron chi connectivity index (χ0n) is 12.2. The lowest BCUT2D eigenvalue weighted by molar-refractivity contribution is 0.120. The van der Waals surface area contributed by atoms with Crippen molar-refractivity contribution in [1.82, 2.24) is 15.1 Å². The third kappa shape index (κ3) is 6.17. The molecular formula is C14H27N3O. The molecule has 104 valence electrons. The fourth-order valence-corrected chi connectivity index (χ4v) is 1.57. The number of rotatable bonds is 8. The molecule has 1 N–H and O–H groups in total. The number of hydrogen-bond donors (Lipinski definition) is 1. The van der Waals surface area contributed by atoms with Crippen LogP contribution in [0.15, 0.2) is 12.3 Å². The Kier molecular flexibility index (Phi) is 6.36. The Morgan fingerprint density at radius 2 is 2.11 bits per heavy atom. The lowest BCUT2D eigenvalue weighted by atomic mass is 10.1. The minimum absolute atomic E-state index is 0.132. The van der Waals surface area contributed by atoms with Crippen molar-refractivity contribution in [2.24, 2.45) is 0 Å². The molecule has 0 saturated heterocycles. The van der Waals surface area contributed by atoms with Crippen molar-refractivity contribution in [3.8, 4) is 0 Å². The highest BCUT2D eigenvalue weighted by atomic mass is 16.5. The minimum atomic E-state index is 0.132. The summed E-state index contributed by atoms with van der Waals surface area (Å²) >= 11 is 0. The van der Waals surface area contributed by atoms with Crippen molar-refractivity contribution < 1.29 is 4.74 Å². The first-order chi connectivity index (χ1) is 8.53. The SMILES string of the molecule is CCCCOCCn1nccc1CNC(C)(C)C. The van der Waals surface area contributed by atoms with Crippen molar-refractivity contribution >= 4 is 0 Å². The van der Waals surface area contributed by atoms with Gasteiger partial charge in [0.15, 0.2) is 0 Å². The van der Waals surface area contributed by atoms with E-state index in [-0.39, 0.29) is 5.54 Å². The number of ether oxygens (including phenoxy) is 1. The molecule has 4 heteroatoms. The molecule has 1 aromatic rings. The second-order valence-electron chi connectivity index (χ2n) is 5.62. The van der Waals surface area contributed by atoms with Crippen molar-refractivity contribution in [3.05, 3.63) is 18.0 Å². The Bertz CT molecular complexity index is 328. The average molecular weight is 253 g/mol. The average Bonchev–Trinajstić information content (AvgIpc) is 2.73. The first-order valence-electron chi connectivity index (χ1n) is 6.86. The van der Waals surface area contributed by atoms with E-state index < -0.39 is 0 Å². The van der Waals surface area contributed by atoms with Crippen LogP contribution in [0.5, 0.6) is 0 Å². The van der Waals surface area contributed by atoms with Gasteiger partial charge in [0.05, 0.1) is 18.8 Å². The van der Waals surface area contributed by atoms with E-state index in [1.54, 1.807) is 0 Å². The van der Waals surface area contributed by atoms with Gasteiger partial charge in [-0.1, -0.05) is 13.3 Å². The molecular weight excluding hydrogens is 226 g/mol. The number of unbranched alkanes of at least 4 members (excludes halogenated alkanes) is 1. The van der Waals surface area contributed by atoms with Gasteiger partial charge in [0.25, 0.3) is 0 Å². The first kappa shape index (κ1) is 15.2. The molecule has 0 radical (unpaired) electrons. The molecule has 18 heavy (non-hydrogen) atoms. The summed E-state index contributed by atoms with van der Waals surface area (Å²) in [6, 6.07) is 2.06. The molecule has 4 nitrogen and oxygen atoms in total. The second kappa shape index (κ2) is 7.54. The van der Waals surface area contributed by atoms with Crippen LogP contribution in [0.25, 0.3) is 0 Å². The highest BCUT2D eigenvalue weighted by molar-refractivity contribution is 5.00. The fraction of sp³-hybridized carbons (Fsp3) is 0.786. The van der Waals surface area contributed by atoms with Crippen LogP contribution >= 0.6 is 0 Å². The van der Waals surface area contributed by atoms with E-state index in [4.69, 9.17) is 4.74 Å². The molecule has 0 fully saturated rings. The molecule has 0 unspecified atom stereocenters. The number of nitrogens with one attached hydrogen (secondary N) is 1. The van der Waals surface area contributed by atoms with Crippen LogP contribution in [0.3, 0.4) is 0 Å². The van der Waals surface area contributed by atoms with Gasteiger partial charge < -0.3 is 10.1 Å². The highest BCUT2D eigenvalue weighted by Crippen LogP contribution is 2.04. The van der Waals surface area contributed by atoms with E-state index in [2.05, 4.69) is 44.2 Å². The molecule has 0 aliphatic heterocycles. The maximum atomic E-state index is 5.57. The second-order valence-corrected chi connectivity index (χ2v) is 5.62. The van der Waals surface area contributed by atoms with Gasteiger partial charge in [-0.2, -0.15) is 5.10 Å². The summed E-state index contributed by atoms with van der Waals surface area (Å²) in [5.41, 5.74) is 1.34. The van der Waals surface area contributed by atoms with E-state index in [0.717, 1.165) is 32.7 Å². The monoisotopic (exact) mass is 253 g/mol. The van der Waals surface area contributed by atoms with E-state index in [1.807, 2.05) is 10.9 Å². The lowest BCUT2D eigenvalue weighted by Gasteiger charge is -2.20. The highest BCUT2D eigenvalue weighted by Gasteiger charge is 2.10. The third-order valence-corrected chi connectivity index (χ3v) is 2.69. The van der Waals surface area contributed by atoms with E-state index >= 15 is 0 Å². The lowest BCUT2D eigenvalue weighted by Crippen LogP contribution is -2.35. The van der Waals surface area contributed by atoms with Crippen molar-refractivity contribution in [2.75, 3.05) is 13.2 Å². The summed E-state index contributed by atoms with van der Waals surface area (Å²) < 4.78 is 7.59. The van der Waals surface area contributed by atoms with E-state index in [0.29, 0.717) is 0 Å². The molecule has 0 aliphatic carbocycles. The maximum Gasteiger partial charge on any atom is 0.0662 e. The molecule has 1 rings (SSSR count). The van der Waals surface area contributed by atoms with Gasteiger partial charge in [-0.15, -0.1) is 0 Å². The van der Waals surface area contributed by atoms with Gasteiger partial charge in [0, 0.05) is 24.9 Å². The topological polar surface area (TPSA) is 39.1 Å². The summed E-state index contributed by atoms with van der Waals surface area (Å²) in [6.45, 7) is 12.0. The minimum Gasteiger partial charge on any atom is -0.380 e. The fourth-order valence-electron chi connectivity index (χ4n) is 1.57. The Morgan fingerprint density at radius 1 is 1.33 bits per heavy atom. The molecule has 0 atom stereocenters. The number of hydrogen-bond acceptors (Lipinski definition) is 3. The van der Waals surface area contributed by atoms with Crippen molar-refractivity contribution in [3.63, 3.8) is 0 Å². The van der Waals surface area contributed by atoms with E-state index in [1.165, 1.54) is 12.1 Å². The Hall–Kier alpha value is -0.870. The molecule has 1 aromatic heterocycles. The predicted molar refractivity (Wildman–Crippen MR) is 74.5 cm³/mol. The standard InChI is InChI=1S/C14H27N3O/c1-5-6-10-18-11-9-17-13(7-8-16-17)12-15-14(2,3)4/h7-8,15H,5-6,9-12H2,1-4H3. The molecule has 0 saturated carbocycles. The van der Waals surface area contributed by atoms with Crippen molar-refractivity contribution in [2.45, 2.75) is 59.2 Å². The van der Waals surface area contributed by atoms with Crippen molar-refractivity contribution in [1.29, 1.82) is 0 Å². The smallest absolute Gasteiger partial charge is 0.0662 e. The molecule has 0 spiro atoms. The first-order valence-corrected chi connectivity index (χ1v) is 6.86. The third-order valence-electron chi connectivity index (χ3n) is 2.69. The number of aromatic nitrogens is 2. The predicted octanol–water partition coefficient (Wildman–Crippen LogP) is 2.59. The van der Waals surface area contributed by atoms with Gasteiger partial charge in [0.1, 0.15) is 0 Å². The van der Waals surface area contributed by atoms with Crippen LogP contribution in [0.4, 0.5) is 0 Å². The molecule has 0 bridgehead atoms. The van der Waals surface area contributed by atoms with Gasteiger partial charge >= 0.3 is 0 Å². The van der Waals surface area contributed by atoms with Gasteiger partial charge in [-0.05, 0) is 33.3 Å². The summed E-state index contributed by atoms with van der Waals surface area (Å²) in [7, 11) is 0. The summed E-state index contributed by atoms with van der Waals surface area (Å²) in [4.78, 5) is 0. The summed E-state index contributed by atoms with van der Waals surface area (Å²) in [5.74, 6) is 0. The maximum absolute atomic E-state index is 5.57. The number of nitrogens with zero attached hydrogens (tertiary/aromatic N) is 2.